The first-order chi connectivity index (χ1) is 9.81. The van der Waals surface area contributed by atoms with Crippen molar-refractivity contribution in [2.75, 3.05) is 39.3 Å². The van der Waals surface area contributed by atoms with E-state index in [0.717, 1.165) is 38.0 Å². The van der Waals surface area contributed by atoms with Crippen molar-refractivity contribution in [3.63, 3.8) is 0 Å². The summed E-state index contributed by atoms with van der Waals surface area (Å²) in [6.07, 6.45) is 2.35. The predicted molar refractivity (Wildman–Crippen MR) is 79.0 cm³/mol. The third-order valence-corrected chi connectivity index (χ3v) is 4.12. The third kappa shape index (κ3) is 3.95. The first-order valence-corrected chi connectivity index (χ1v) is 7.63. The minimum absolute atomic E-state index is 0.368. The molecule has 1 aromatic rings. The number of nitrogens with zero attached hydrogens (tertiary/aromatic N) is 2. The smallest absolute Gasteiger partial charge is 0.119 e. The van der Waals surface area contributed by atoms with E-state index in [9.17, 15) is 5.11 Å². The van der Waals surface area contributed by atoms with E-state index in [1.54, 1.807) is 0 Å². The summed E-state index contributed by atoms with van der Waals surface area (Å²) in [5.74, 6) is 0.824. The predicted octanol–water partition coefficient (Wildman–Crippen LogP) is 1.21. The maximum atomic E-state index is 10.1. The molecule has 1 aliphatic carbocycles. The van der Waals surface area contributed by atoms with Gasteiger partial charge in [-0.3, -0.25) is 9.80 Å². The van der Waals surface area contributed by atoms with Crippen molar-refractivity contribution < 1.29 is 9.84 Å². The Morgan fingerprint density at radius 2 is 1.80 bits per heavy atom. The van der Waals surface area contributed by atoms with Crippen LogP contribution in [0.4, 0.5) is 0 Å². The first-order valence-electron chi connectivity index (χ1n) is 7.63. The second-order valence-electron chi connectivity index (χ2n) is 5.85. The topological polar surface area (TPSA) is 35.9 Å². The number of hydrogen-bond acceptors (Lipinski definition) is 4. The van der Waals surface area contributed by atoms with Gasteiger partial charge in [0.25, 0.3) is 0 Å². The molecular formula is C16H24N2O2. The normalized spacial score (nSPS) is 22.6. The Kier molecular flexibility index (Phi) is 4.55. The van der Waals surface area contributed by atoms with Crippen molar-refractivity contribution in [3.8, 4) is 5.75 Å². The van der Waals surface area contributed by atoms with E-state index in [0.29, 0.717) is 13.2 Å². The number of aliphatic hydroxyl groups is 1. The molecule has 1 heterocycles. The Balaban J connectivity index is 1.35. The molecule has 1 aromatic carbocycles. The van der Waals surface area contributed by atoms with E-state index in [1.165, 1.54) is 12.8 Å². The molecule has 1 unspecified atom stereocenters. The minimum Gasteiger partial charge on any atom is -0.491 e. The second-order valence-corrected chi connectivity index (χ2v) is 5.85. The Morgan fingerprint density at radius 3 is 2.45 bits per heavy atom. The van der Waals surface area contributed by atoms with E-state index in [-0.39, 0.29) is 0 Å². The Hall–Kier alpha value is -1.10. The molecule has 4 nitrogen and oxygen atoms in total. The van der Waals surface area contributed by atoms with Crippen molar-refractivity contribution in [1.82, 2.24) is 9.80 Å². The van der Waals surface area contributed by atoms with Crippen molar-refractivity contribution in [3.05, 3.63) is 30.3 Å². The summed E-state index contributed by atoms with van der Waals surface area (Å²) in [6, 6.07) is 10.5. The van der Waals surface area contributed by atoms with Crippen LogP contribution in [0.5, 0.6) is 5.75 Å². The summed E-state index contributed by atoms with van der Waals surface area (Å²) >= 11 is 0. The molecule has 1 aliphatic heterocycles. The number of ether oxygens (including phenoxy) is 1. The summed E-state index contributed by atoms with van der Waals surface area (Å²) in [5, 5.41) is 10.1. The highest BCUT2D eigenvalue weighted by atomic mass is 16.5. The zero-order valence-electron chi connectivity index (χ0n) is 11.9. The fourth-order valence-electron chi connectivity index (χ4n) is 2.81. The van der Waals surface area contributed by atoms with Gasteiger partial charge in [0.05, 0.1) is 0 Å². The summed E-state index contributed by atoms with van der Waals surface area (Å²) in [5.41, 5.74) is 0. The lowest BCUT2D eigenvalue weighted by Crippen LogP contribution is -2.49. The molecule has 0 amide bonds. The highest BCUT2D eigenvalue weighted by Crippen LogP contribution is 2.27. The number of piperazine rings is 1. The van der Waals surface area contributed by atoms with Gasteiger partial charge in [0.2, 0.25) is 0 Å². The zero-order valence-corrected chi connectivity index (χ0v) is 11.9. The molecule has 1 atom stereocenters. The van der Waals surface area contributed by atoms with Crippen molar-refractivity contribution in [1.29, 1.82) is 0 Å². The van der Waals surface area contributed by atoms with E-state index in [1.807, 2.05) is 30.3 Å². The van der Waals surface area contributed by atoms with E-state index < -0.39 is 6.10 Å². The van der Waals surface area contributed by atoms with Gasteiger partial charge in [0.1, 0.15) is 18.5 Å². The molecule has 20 heavy (non-hydrogen) atoms. The number of rotatable bonds is 6. The van der Waals surface area contributed by atoms with Gasteiger partial charge < -0.3 is 9.84 Å². The first kappa shape index (κ1) is 13.9. The van der Waals surface area contributed by atoms with Crippen LogP contribution in [0.3, 0.4) is 0 Å². The molecule has 2 fully saturated rings. The molecule has 1 saturated carbocycles. The summed E-state index contributed by atoms with van der Waals surface area (Å²) in [4.78, 5) is 4.93. The van der Waals surface area contributed by atoms with Crippen LogP contribution < -0.4 is 4.74 Å². The highest BCUT2D eigenvalue weighted by molar-refractivity contribution is 5.20. The van der Waals surface area contributed by atoms with Crippen LogP contribution in [-0.2, 0) is 0 Å². The van der Waals surface area contributed by atoms with E-state index in [4.69, 9.17) is 4.74 Å². The second kappa shape index (κ2) is 6.57. The maximum Gasteiger partial charge on any atom is 0.119 e. The molecule has 0 spiro atoms. The minimum atomic E-state index is -0.414. The number of aliphatic hydroxyl groups excluding tert-OH is 1. The van der Waals surface area contributed by atoms with Gasteiger partial charge in [-0.25, -0.2) is 0 Å². The monoisotopic (exact) mass is 276 g/mol. The largest absolute Gasteiger partial charge is 0.491 e. The third-order valence-electron chi connectivity index (χ3n) is 4.12. The van der Waals surface area contributed by atoms with Crippen LogP contribution in [0.2, 0.25) is 0 Å². The summed E-state index contributed by atoms with van der Waals surface area (Å²) in [6.45, 7) is 5.52. The number of benzene rings is 1. The van der Waals surface area contributed by atoms with E-state index >= 15 is 0 Å². The zero-order chi connectivity index (χ0) is 13.8. The molecule has 3 rings (SSSR count). The summed E-state index contributed by atoms with van der Waals surface area (Å²) in [7, 11) is 0. The van der Waals surface area contributed by atoms with Crippen LogP contribution in [0.15, 0.2) is 30.3 Å². The van der Waals surface area contributed by atoms with Crippen LogP contribution in [0, 0.1) is 0 Å². The van der Waals surface area contributed by atoms with Crippen LogP contribution in [0.1, 0.15) is 12.8 Å². The number of β-amino-alcohol motifs (C(OH)–C–C–N with tert-alkyl or cyclic N) is 1. The van der Waals surface area contributed by atoms with Crippen LogP contribution in [0.25, 0.3) is 0 Å². The Bertz CT molecular complexity index is 400. The van der Waals surface area contributed by atoms with Crippen molar-refractivity contribution in [2.45, 2.75) is 25.0 Å². The molecule has 1 saturated heterocycles. The van der Waals surface area contributed by atoms with Gasteiger partial charge in [0.15, 0.2) is 0 Å². The van der Waals surface area contributed by atoms with Crippen molar-refractivity contribution >= 4 is 0 Å². The molecule has 0 bridgehead atoms. The molecule has 1 N–H and O–H groups in total. The highest BCUT2D eigenvalue weighted by Gasteiger charge is 2.31. The summed E-state index contributed by atoms with van der Waals surface area (Å²) < 4.78 is 5.59. The Labute approximate surface area is 120 Å². The molecule has 0 radical (unpaired) electrons. The van der Waals surface area contributed by atoms with E-state index in [2.05, 4.69) is 9.80 Å². The fraction of sp³-hybridized carbons (Fsp3) is 0.625. The fourth-order valence-corrected chi connectivity index (χ4v) is 2.81. The average Bonchev–Trinajstić information content (AvgIpc) is 3.32. The molecule has 0 aromatic heterocycles. The van der Waals surface area contributed by atoms with Gasteiger partial charge in [-0.2, -0.15) is 0 Å². The van der Waals surface area contributed by atoms with Gasteiger partial charge >= 0.3 is 0 Å². The number of para-hydroxylation sites is 1. The lowest BCUT2D eigenvalue weighted by molar-refractivity contribution is 0.0446. The standard InChI is InChI=1S/C16H24N2O2/c19-15(13-20-16-4-2-1-3-5-16)12-17-8-10-18(11-9-17)14-6-7-14/h1-5,14-15,19H,6-13H2. The van der Waals surface area contributed by atoms with Gasteiger partial charge in [-0.1, -0.05) is 18.2 Å². The Morgan fingerprint density at radius 1 is 1.10 bits per heavy atom. The lowest BCUT2D eigenvalue weighted by atomic mass is 10.2. The molecule has 110 valence electrons. The SMILES string of the molecule is OC(COc1ccccc1)CN1CCN(C2CC2)CC1. The maximum absolute atomic E-state index is 10.1. The quantitative estimate of drug-likeness (QED) is 0.847. The lowest BCUT2D eigenvalue weighted by Gasteiger charge is -2.35. The van der Waals surface area contributed by atoms with Crippen LogP contribution in [-0.4, -0.2) is 66.4 Å². The molecular weight excluding hydrogens is 252 g/mol. The molecule has 4 heteroatoms. The molecule has 2 aliphatic rings. The number of hydrogen-bond donors (Lipinski definition) is 1. The van der Waals surface area contributed by atoms with Crippen LogP contribution >= 0.6 is 0 Å². The average molecular weight is 276 g/mol. The van der Waals surface area contributed by atoms with Crippen molar-refractivity contribution in [2.24, 2.45) is 0 Å². The van der Waals surface area contributed by atoms with Gasteiger partial charge in [-0.05, 0) is 25.0 Å². The van der Waals surface area contributed by atoms with Gasteiger partial charge in [-0.15, -0.1) is 0 Å². The van der Waals surface area contributed by atoms with Gasteiger partial charge in [0, 0.05) is 38.8 Å².